The minimum absolute atomic E-state index is 0.126. The molecular weight excluding hydrogens is 454 g/mol. The summed E-state index contributed by atoms with van der Waals surface area (Å²) in [6.45, 7) is 10.6. The summed E-state index contributed by atoms with van der Waals surface area (Å²) in [7, 11) is 0. The molecule has 190 valence electrons. The molecule has 0 atom stereocenters. The van der Waals surface area contributed by atoms with E-state index in [1.54, 1.807) is 25.3 Å². The van der Waals surface area contributed by atoms with E-state index in [-0.39, 0.29) is 36.7 Å². The highest BCUT2D eigenvalue weighted by Gasteiger charge is 2.28. The van der Waals surface area contributed by atoms with Gasteiger partial charge in [0.05, 0.1) is 18.1 Å². The van der Waals surface area contributed by atoms with Crippen LogP contribution in [0.2, 0.25) is 0 Å². The van der Waals surface area contributed by atoms with Crippen LogP contribution in [0.4, 0.5) is 5.69 Å². The van der Waals surface area contributed by atoms with Crippen molar-refractivity contribution in [1.29, 1.82) is 0 Å². The summed E-state index contributed by atoms with van der Waals surface area (Å²) in [4.78, 5) is 51.0. The molecule has 35 heavy (non-hydrogen) atoms. The fourth-order valence-corrected chi connectivity index (χ4v) is 4.08. The monoisotopic (exact) mass is 487 g/mol. The van der Waals surface area contributed by atoms with Gasteiger partial charge in [-0.2, -0.15) is 0 Å². The van der Waals surface area contributed by atoms with E-state index in [4.69, 9.17) is 9.47 Å². The van der Waals surface area contributed by atoms with Gasteiger partial charge < -0.3 is 18.9 Å². The summed E-state index contributed by atoms with van der Waals surface area (Å²) in [6, 6.07) is 5.27. The van der Waals surface area contributed by atoms with Crippen molar-refractivity contribution in [2.75, 3.05) is 32.9 Å². The Morgan fingerprint density at radius 3 is 2.26 bits per heavy atom. The van der Waals surface area contributed by atoms with E-state index in [0.717, 1.165) is 0 Å². The lowest BCUT2D eigenvalue weighted by Crippen LogP contribution is -2.37. The van der Waals surface area contributed by atoms with Gasteiger partial charge in [0.25, 0.3) is 11.6 Å². The number of ether oxygens (including phenoxy) is 2. The quantitative estimate of drug-likeness (QED) is 0.138. The first kappa shape index (κ1) is 27.7. The molecular formula is C25H33N3O7. The Bertz CT molecular complexity index is 1070. The third-order valence-electron chi connectivity index (χ3n) is 5.70. The highest BCUT2D eigenvalue weighted by Crippen LogP contribution is 2.24. The minimum Gasteiger partial charge on any atom is -0.461 e. The number of carbonyl (C=O) groups excluding carboxylic acids is 3. The molecule has 0 saturated carbocycles. The van der Waals surface area contributed by atoms with E-state index >= 15 is 0 Å². The number of carbonyl (C=O) groups is 3. The molecule has 0 aliphatic rings. The van der Waals surface area contributed by atoms with Crippen LogP contribution >= 0.6 is 0 Å². The van der Waals surface area contributed by atoms with E-state index < -0.39 is 16.8 Å². The van der Waals surface area contributed by atoms with Gasteiger partial charge in [-0.15, -0.1) is 0 Å². The highest BCUT2D eigenvalue weighted by molar-refractivity contribution is 6.06. The number of nitro benzene ring substituents is 1. The molecule has 0 saturated heterocycles. The first-order valence-electron chi connectivity index (χ1n) is 11.7. The number of nitrogens with zero attached hydrogens (tertiary/aromatic N) is 3. The van der Waals surface area contributed by atoms with E-state index in [1.807, 2.05) is 13.8 Å². The maximum Gasteiger partial charge on any atom is 0.355 e. The highest BCUT2D eigenvalue weighted by atomic mass is 16.6. The van der Waals surface area contributed by atoms with Gasteiger partial charge in [-0.1, -0.05) is 0 Å². The molecule has 0 bridgehead atoms. The van der Waals surface area contributed by atoms with Gasteiger partial charge in [0, 0.05) is 55.3 Å². The first-order chi connectivity index (χ1) is 16.7. The zero-order chi connectivity index (χ0) is 26.1. The molecule has 1 heterocycles. The normalized spacial score (nSPS) is 10.8. The lowest BCUT2D eigenvalue weighted by atomic mass is 10.0. The predicted octanol–water partition coefficient (Wildman–Crippen LogP) is 3.96. The van der Waals surface area contributed by atoms with Crippen molar-refractivity contribution >= 4 is 23.3 Å². The third-order valence-corrected chi connectivity index (χ3v) is 5.70. The largest absolute Gasteiger partial charge is 0.461 e. The van der Waals surface area contributed by atoms with Crippen molar-refractivity contribution in [3.63, 3.8) is 0 Å². The van der Waals surface area contributed by atoms with Crippen molar-refractivity contribution in [2.45, 2.75) is 47.6 Å². The average molecular weight is 488 g/mol. The molecule has 0 N–H and O–H groups in total. The third kappa shape index (κ3) is 6.54. The molecule has 0 aliphatic heterocycles. The maximum absolute atomic E-state index is 13.4. The van der Waals surface area contributed by atoms with Crippen molar-refractivity contribution in [3.05, 3.63) is 62.5 Å². The van der Waals surface area contributed by atoms with Crippen molar-refractivity contribution < 1.29 is 28.8 Å². The number of ketones is 1. The van der Waals surface area contributed by atoms with Crippen LogP contribution in [0.1, 0.15) is 69.7 Å². The summed E-state index contributed by atoms with van der Waals surface area (Å²) in [5.41, 5.74) is 1.99. The first-order valence-corrected chi connectivity index (χ1v) is 11.7. The topological polar surface area (TPSA) is 121 Å². The number of esters is 1. The van der Waals surface area contributed by atoms with Crippen LogP contribution in [-0.2, 0) is 16.0 Å². The summed E-state index contributed by atoms with van der Waals surface area (Å²) in [5.74, 6) is -1.21. The predicted molar refractivity (Wildman–Crippen MR) is 130 cm³/mol. The summed E-state index contributed by atoms with van der Waals surface area (Å²) in [5, 5.41) is 10.9. The summed E-state index contributed by atoms with van der Waals surface area (Å²) in [6.07, 6.45) is 0.516. The molecule has 0 fully saturated rings. The van der Waals surface area contributed by atoms with E-state index in [2.05, 4.69) is 0 Å². The molecule has 10 heteroatoms. The fraction of sp³-hybridized carbons (Fsp3) is 0.480. The maximum atomic E-state index is 13.4. The average Bonchev–Trinajstić information content (AvgIpc) is 3.09. The zero-order valence-corrected chi connectivity index (χ0v) is 21.0. The Morgan fingerprint density at radius 2 is 1.71 bits per heavy atom. The van der Waals surface area contributed by atoms with Gasteiger partial charge in [0.2, 0.25) is 0 Å². The zero-order valence-electron chi connectivity index (χ0n) is 21.0. The van der Waals surface area contributed by atoms with E-state index in [9.17, 15) is 24.5 Å². The van der Waals surface area contributed by atoms with Crippen LogP contribution in [0, 0.1) is 24.0 Å². The molecule has 0 spiro atoms. The van der Waals surface area contributed by atoms with Crippen molar-refractivity contribution in [1.82, 2.24) is 9.47 Å². The Labute approximate surface area is 205 Å². The molecule has 0 aliphatic carbocycles. The number of rotatable bonds is 13. The molecule has 2 rings (SSSR count). The lowest BCUT2D eigenvalue weighted by Gasteiger charge is -2.22. The van der Waals surface area contributed by atoms with Gasteiger partial charge >= 0.3 is 5.97 Å². The fourth-order valence-electron chi connectivity index (χ4n) is 4.08. The van der Waals surface area contributed by atoms with Gasteiger partial charge in [-0.05, 0) is 58.7 Å². The molecule has 0 unspecified atom stereocenters. The molecule has 1 amide bonds. The van der Waals surface area contributed by atoms with Crippen LogP contribution in [0.15, 0.2) is 24.3 Å². The second kappa shape index (κ2) is 12.8. The number of hydrogen-bond acceptors (Lipinski definition) is 7. The molecule has 1 aromatic carbocycles. The number of aromatic nitrogens is 1. The SMILES string of the molecule is CCOCCCN(CC(=O)c1c(C)c(C(=O)OCC)n(CC)c1C)C(=O)c1ccc([N+](=O)[O-])cc1. The van der Waals surface area contributed by atoms with Gasteiger partial charge in [0.1, 0.15) is 5.69 Å². The molecule has 1 aromatic heterocycles. The number of amides is 1. The number of non-ortho nitro benzene ring substituents is 1. The van der Waals surface area contributed by atoms with Crippen LogP contribution in [-0.4, -0.2) is 65.0 Å². The van der Waals surface area contributed by atoms with Crippen molar-refractivity contribution in [3.8, 4) is 0 Å². The number of benzene rings is 1. The lowest BCUT2D eigenvalue weighted by molar-refractivity contribution is -0.384. The molecule has 0 radical (unpaired) electrons. The molecule has 2 aromatic rings. The second-order valence-corrected chi connectivity index (χ2v) is 7.90. The number of hydrogen-bond donors (Lipinski definition) is 0. The van der Waals surface area contributed by atoms with Gasteiger partial charge in [-0.3, -0.25) is 19.7 Å². The van der Waals surface area contributed by atoms with E-state index in [1.165, 1.54) is 29.2 Å². The summed E-state index contributed by atoms with van der Waals surface area (Å²) < 4.78 is 12.3. The van der Waals surface area contributed by atoms with Crippen LogP contribution in [0.3, 0.4) is 0 Å². The van der Waals surface area contributed by atoms with Crippen molar-refractivity contribution in [2.24, 2.45) is 0 Å². The Hall–Kier alpha value is -3.53. The standard InChI is InChI=1S/C25H33N3O7/c1-6-27-18(5)22(17(4)23(27)25(31)35-8-3)21(29)16-26(14-9-15-34-7-2)24(30)19-10-12-20(13-11-19)28(32)33/h10-13H,6-9,14-16H2,1-5H3. The minimum atomic E-state index is -0.539. The second-order valence-electron chi connectivity index (χ2n) is 7.90. The van der Waals surface area contributed by atoms with Crippen LogP contribution in [0.5, 0.6) is 0 Å². The van der Waals surface area contributed by atoms with Gasteiger partial charge in [-0.25, -0.2) is 4.79 Å². The van der Waals surface area contributed by atoms with Crippen LogP contribution < -0.4 is 0 Å². The summed E-state index contributed by atoms with van der Waals surface area (Å²) >= 11 is 0. The Morgan fingerprint density at radius 1 is 1.06 bits per heavy atom. The Balaban J connectivity index is 2.37. The molecule has 10 nitrogen and oxygen atoms in total. The van der Waals surface area contributed by atoms with Crippen LogP contribution in [0.25, 0.3) is 0 Å². The number of nitro groups is 1. The number of Topliss-reactive ketones (excluding diaryl/α,β-unsaturated/α-hetero) is 1. The Kier molecular flexibility index (Phi) is 10.1. The van der Waals surface area contributed by atoms with E-state index in [0.29, 0.717) is 48.7 Å². The smallest absolute Gasteiger partial charge is 0.355 e. The van der Waals surface area contributed by atoms with Gasteiger partial charge in [0.15, 0.2) is 5.78 Å².